The fourth-order valence-electron chi connectivity index (χ4n) is 2.00. The van der Waals surface area contributed by atoms with Gasteiger partial charge < -0.3 is 5.73 Å². The monoisotopic (exact) mass is 328 g/mol. The van der Waals surface area contributed by atoms with E-state index in [0.29, 0.717) is 23.6 Å². The molecule has 0 radical (unpaired) electrons. The van der Waals surface area contributed by atoms with Crippen molar-refractivity contribution in [3.05, 3.63) is 29.3 Å². The Balaban J connectivity index is 2.74. The number of rotatable bonds is 8. The standard InChI is InChI=1S/C15H24N2O2S2/c1-11(2)6-4-5-9-17-21(18,19)14-10-13(15(16)20)8-7-12(14)3/h7-8,10-11,17H,4-6,9H2,1-3H3,(H2,16,20). The van der Waals surface area contributed by atoms with E-state index in [2.05, 4.69) is 18.6 Å². The zero-order valence-electron chi connectivity index (χ0n) is 12.8. The molecule has 21 heavy (non-hydrogen) atoms. The fraction of sp³-hybridized carbons (Fsp3) is 0.533. The van der Waals surface area contributed by atoms with Crippen LogP contribution in [0.4, 0.5) is 0 Å². The Morgan fingerprint density at radius 2 is 2.00 bits per heavy atom. The molecule has 1 aromatic carbocycles. The lowest BCUT2D eigenvalue weighted by Gasteiger charge is -2.11. The van der Waals surface area contributed by atoms with Crippen LogP contribution in [0, 0.1) is 12.8 Å². The third kappa shape index (κ3) is 5.73. The van der Waals surface area contributed by atoms with Crippen LogP contribution in [0.15, 0.2) is 23.1 Å². The van der Waals surface area contributed by atoms with E-state index in [9.17, 15) is 8.42 Å². The Morgan fingerprint density at radius 3 is 2.57 bits per heavy atom. The Kier molecular flexibility index (Phi) is 6.77. The quantitative estimate of drug-likeness (QED) is 0.568. The summed E-state index contributed by atoms with van der Waals surface area (Å²) >= 11 is 4.90. The first-order valence-electron chi connectivity index (χ1n) is 7.14. The molecular formula is C15H24N2O2S2. The highest BCUT2D eigenvalue weighted by molar-refractivity contribution is 7.89. The van der Waals surface area contributed by atoms with E-state index < -0.39 is 10.0 Å². The van der Waals surface area contributed by atoms with Gasteiger partial charge in [-0.2, -0.15) is 0 Å². The first kappa shape index (κ1) is 18.1. The molecular weight excluding hydrogens is 304 g/mol. The first-order valence-corrected chi connectivity index (χ1v) is 9.03. The molecule has 0 heterocycles. The number of aryl methyl sites for hydroxylation is 1. The van der Waals surface area contributed by atoms with Crippen LogP contribution in [0.25, 0.3) is 0 Å². The number of sulfonamides is 1. The van der Waals surface area contributed by atoms with E-state index in [1.165, 1.54) is 6.07 Å². The van der Waals surface area contributed by atoms with Gasteiger partial charge in [0.05, 0.1) is 4.90 Å². The summed E-state index contributed by atoms with van der Waals surface area (Å²) in [6.45, 7) is 6.53. The van der Waals surface area contributed by atoms with Gasteiger partial charge in [-0.3, -0.25) is 0 Å². The lowest BCUT2D eigenvalue weighted by Crippen LogP contribution is -2.26. The second-order valence-corrected chi connectivity index (χ2v) is 7.81. The molecule has 0 saturated heterocycles. The summed E-state index contributed by atoms with van der Waals surface area (Å²) < 4.78 is 27.3. The van der Waals surface area contributed by atoms with Crippen LogP contribution >= 0.6 is 12.2 Å². The van der Waals surface area contributed by atoms with E-state index in [1.807, 2.05) is 0 Å². The van der Waals surface area contributed by atoms with Gasteiger partial charge in [-0.25, -0.2) is 13.1 Å². The predicted molar refractivity (Wildman–Crippen MR) is 90.9 cm³/mol. The molecule has 118 valence electrons. The molecule has 1 rings (SSSR count). The number of thiocarbonyl (C=S) groups is 1. The Hall–Kier alpha value is -0.980. The number of benzene rings is 1. The molecule has 0 bridgehead atoms. The first-order chi connectivity index (χ1) is 9.74. The molecule has 0 atom stereocenters. The Bertz CT molecular complexity index is 596. The largest absolute Gasteiger partial charge is 0.389 e. The van der Waals surface area contributed by atoms with Crippen LogP contribution in [-0.2, 0) is 10.0 Å². The zero-order chi connectivity index (χ0) is 16.0. The maximum absolute atomic E-state index is 12.3. The molecule has 0 amide bonds. The van der Waals surface area contributed by atoms with Gasteiger partial charge in [-0.1, -0.05) is 51.0 Å². The topological polar surface area (TPSA) is 72.2 Å². The Morgan fingerprint density at radius 1 is 1.33 bits per heavy atom. The van der Waals surface area contributed by atoms with Gasteiger partial charge in [0.1, 0.15) is 4.99 Å². The van der Waals surface area contributed by atoms with Gasteiger partial charge in [0.2, 0.25) is 10.0 Å². The van der Waals surface area contributed by atoms with Gasteiger partial charge in [0, 0.05) is 12.1 Å². The van der Waals surface area contributed by atoms with Crippen molar-refractivity contribution in [2.75, 3.05) is 6.54 Å². The number of hydrogen-bond donors (Lipinski definition) is 2. The third-order valence-corrected chi connectivity index (χ3v) is 5.10. The van der Waals surface area contributed by atoms with Crippen molar-refractivity contribution in [1.29, 1.82) is 0 Å². The Labute approximate surface area is 133 Å². The SMILES string of the molecule is Cc1ccc(C(N)=S)cc1S(=O)(=O)NCCCCC(C)C. The van der Waals surface area contributed by atoms with Crippen LogP contribution in [-0.4, -0.2) is 20.0 Å². The van der Waals surface area contributed by atoms with Crippen molar-refractivity contribution < 1.29 is 8.42 Å². The van der Waals surface area contributed by atoms with Crippen LogP contribution in [0.5, 0.6) is 0 Å². The maximum atomic E-state index is 12.3. The van der Waals surface area contributed by atoms with Crippen molar-refractivity contribution >= 4 is 27.2 Å². The summed E-state index contributed by atoms with van der Waals surface area (Å²) in [5.41, 5.74) is 6.81. The molecule has 0 aliphatic heterocycles. The molecule has 0 spiro atoms. The van der Waals surface area contributed by atoms with Gasteiger partial charge in [0.15, 0.2) is 0 Å². The summed E-state index contributed by atoms with van der Waals surface area (Å²) in [4.78, 5) is 0.444. The second-order valence-electron chi connectivity index (χ2n) is 5.63. The van der Waals surface area contributed by atoms with E-state index in [4.69, 9.17) is 18.0 Å². The molecule has 0 fully saturated rings. The summed E-state index contributed by atoms with van der Waals surface area (Å²) in [7, 11) is -3.51. The van der Waals surface area contributed by atoms with Crippen molar-refractivity contribution in [2.24, 2.45) is 11.7 Å². The molecule has 0 aromatic heterocycles. The highest BCUT2D eigenvalue weighted by atomic mass is 32.2. The summed E-state index contributed by atoms with van der Waals surface area (Å²) in [6, 6.07) is 5.00. The summed E-state index contributed by atoms with van der Waals surface area (Å²) in [5.74, 6) is 0.645. The van der Waals surface area contributed by atoms with Crippen molar-refractivity contribution in [3.63, 3.8) is 0 Å². The highest BCUT2D eigenvalue weighted by Gasteiger charge is 2.17. The minimum atomic E-state index is -3.51. The average Bonchev–Trinajstić information content (AvgIpc) is 2.37. The highest BCUT2D eigenvalue weighted by Crippen LogP contribution is 2.17. The fourth-order valence-corrected chi connectivity index (χ4v) is 3.47. The third-order valence-electron chi connectivity index (χ3n) is 3.26. The lowest BCUT2D eigenvalue weighted by atomic mass is 10.1. The molecule has 0 saturated carbocycles. The van der Waals surface area contributed by atoms with Crippen LogP contribution in [0.1, 0.15) is 44.2 Å². The van der Waals surface area contributed by atoms with Crippen LogP contribution in [0.3, 0.4) is 0 Å². The molecule has 3 N–H and O–H groups in total. The maximum Gasteiger partial charge on any atom is 0.240 e. The second kappa shape index (κ2) is 7.87. The number of nitrogens with one attached hydrogen (secondary N) is 1. The molecule has 0 unspecified atom stereocenters. The van der Waals surface area contributed by atoms with Crippen LogP contribution < -0.4 is 10.5 Å². The van der Waals surface area contributed by atoms with Crippen molar-refractivity contribution in [1.82, 2.24) is 4.72 Å². The van der Waals surface area contributed by atoms with E-state index >= 15 is 0 Å². The summed E-state index contributed by atoms with van der Waals surface area (Å²) in [5, 5.41) is 0. The van der Waals surface area contributed by atoms with E-state index in [-0.39, 0.29) is 9.88 Å². The van der Waals surface area contributed by atoms with Crippen molar-refractivity contribution in [2.45, 2.75) is 44.9 Å². The molecule has 0 aliphatic carbocycles. The molecule has 6 heteroatoms. The molecule has 0 aliphatic rings. The van der Waals surface area contributed by atoms with Crippen molar-refractivity contribution in [3.8, 4) is 0 Å². The predicted octanol–water partition coefficient (Wildman–Crippen LogP) is 2.73. The van der Waals surface area contributed by atoms with E-state index in [0.717, 1.165) is 19.3 Å². The minimum absolute atomic E-state index is 0.198. The van der Waals surface area contributed by atoms with Crippen LogP contribution in [0.2, 0.25) is 0 Å². The smallest absolute Gasteiger partial charge is 0.240 e. The molecule has 4 nitrogen and oxygen atoms in total. The zero-order valence-corrected chi connectivity index (χ0v) is 14.5. The van der Waals surface area contributed by atoms with Gasteiger partial charge >= 0.3 is 0 Å². The lowest BCUT2D eigenvalue weighted by molar-refractivity contribution is 0.530. The van der Waals surface area contributed by atoms with E-state index in [1.54, 1.807) is 19.1 Å². The number of nitrogens with two attached hydrogens (primary N) is 1. The van der Waals surface area contributed by atoms with Gasteiger partial charge in [0.25, 0.3) is 0 Å². The van der Waals surface area contributed by atoms with Gasteiger partial charge in [-0.05, 0) is 30.9 Å². The average molecular weight is 329 g/mol. The number of hydrogen-bond acceptors (Lipinski definition) is 3. The summed E-state index contributed by atoms with van der Waals surface area (Å²) in [6.07, 6.45) is 2.97. The minimum Gasteiger partial charge on any atom is -0.389 e. The number of unbranched alkanes of at least 4 members (excludes halogenated alkanes) is 1. The normalized spacial score (nSPS) is 11.8. The van der Waals surface area contributed by atoms with Gasteiger partial charge in [-0.15, -0.1) is 0 Å². The molecule has 1 aromatic rings.